The Balaban J connectivity index is 1.12. The normalized spacial score (nSPS) is 20.0. The first-order valence-corrected chi connectivity index (χ1v) is 16.3. The molecule has 0 spiro atoms. The Kier molecular flexibility index (Phi) is 10.1. The van der Waals surface area contributed by atoms with Crippen molar-refractivity contribution in [3.8, 4) is 0 Å². The molecule has 3 aliphatic rings. The van der Waals surface area contributed by atoms with E-state index < -0.39 is 6.04 Å². The molecule has 0 aliphatic carbocycles. The second kappa shape index (κ2) is 14.6. The Morgan fingerprint density at radius 3 is 2.43 bits per heavy atom. The minimum absolute atomic E-state index is 0.0329. The fourth-order valence-electron chi connectivity index (χ4n) is 6.61. The highest BCUT2D eigenvalue weighted by Crippen LogP contribution is 2.24. The summed E-state index contributed by atoms with van der Waals surface area (Å²) in [5, 5.41) is 10.6. The quantitative estimate of drug-likeness (QED) is 0.362. The predicted molar refractivity (Wildman–Crippen MR) is 176 cm³/mol. The van der Waals surface area contributed by atoms with Crippen LogP contribution in [0.25, 0.3) is 0 Å². The van der Waals surface area contributed by atoms with Crippen LogP contribution in [0.1, 0.15) is 28.7 Å². The molecule has 2 atom stereocenters. The van der Waals surface area contributed by atoms with Crippen LogP contribution < -0.4 is 20.9 Å². The molecular weight excluding hydrogens is 572 g/mol. The fourth-order valence-corrected chi connectivity index (χ4v) is 6.74. The van der Waals surface area contributed by atoms with Gasteiger partial charge in [-0.05, 0) is 66.4 Å². The molecule has 3 aliphatic heterocycles. The van der Waals surface area contributed by atoms with Crippen LogP contribution in [0.4, 0.5) is 5.69 Å². The second-order valence-electron chi connectivity index (χ2n) is 12.1. The number of hydrogen-bond acceptors (Lipinski definition) is 6. The molecule has 0 saturated carbocycles. The van der Waals surface area contributed by atoms with Crippen molar-refractivity contribution in [2.24, 2.45) is 0 Å². The van der Waals surface area contributed by atoms with Gasteiger partial charge in [-0.2, -0.15) is 0 Å². The maximum absolute atomic E-state index is 14.0. The maximum atomic E-state index is 14.0. The molecule has 0 unspecified atom stereocenters. The van der Waals surface area contributed by atoms with Gasteiger partial charge in [0.05, 0.1) is 6.04 Å². The Labute approximate surface area is 265 Å². The van der Waals surface area contributed by atoms with Crippen LogP contribution in [0.5, 0.6) is 0 Å². The average molecular weight is 615 g/mol. The van der Waals surface area contributed by atoms with Gasteiger partial charge in [0.2, 0.25) is 11.8 Å². The van der Waals surface area contributed by atoms with Gasteiger partial charge in [0, 0.05) is 69.5 Å². The van der Waals surface area contributed by atoms with E-state index in [-0.39, 0.29) is 17.9 Å². The van der Waals surface area contributed by atoms with Gasteiger partial charge in [-0.15, -0.1) is 0 Å². The van der Waals surface area contributed by atoms with Crippen LogP contribution in [0.3, 0.4) is 0 Å². The third kappa shape index (κ3) is 7.61. The number of carbonyl (C=O) groups excluding carboxylic acids is 2. The molecule has 44 heavy (non-hydrogen) atoms. The standard InChI is InChI=1S/C35H43ClN6O2/c36-30-12-10-26(11-13-30)22-32(39-34(43)31-23-27-6-1-2-7-28(27)24-38-31)35(44)42-20-18-41(19-21-42)33-9-4-3-8-29(33)25-40-16-5-14-37-15-17-40/h1-4,6-13,31-32,37-38H,5,14-25H2,(H,39,43)/t31-,32-/m1/s1. The molecule has 0 aromatic heterocycles. The number of hydrogen-bond donors (Lipinski definition) is 3. The average Bonchev–Trinajstić information content (AvgIpc) is 3.34. The van der Waals surface area contributed by atoms with Crippen molar-refractivity contribution in [2.75, 3.05) is 57.3 Å². The Bertz CT molecular complexity index is 1420. The van der Waals surface area contributed by atoms with Gasteiger partial charge in [-0.25, -0.2) is 0 Å². The highest BCUT2D eigenvalue weighted by Gasteiger charge is 2.32. The van der Waals surface area contributed by atoms with Crippen molar-refractivity contribution >= 4 is 29.1 Å². The summed E-state index contributed by atoms with van der Waals surface area (Å²) in [7, 11) is 0. The van der Waals surface area contributed by atoms with Crippen molar-refractivity contribution in [1.29, 1.82) is 0 Å². The summed E-state index contributed by atoms with van der Waals surface area (Å²) in [5.41, 5.74) is 5.95. The third-order valence-corrected chi connectivity index (χ3v) is 9.37. The monoisotopic (exact) mass is 614 g/mol. The van der Waals surface area contributed by atoms with Gasteiger partial charge in [0.15, 0.2) is 0 Å². The molecule has 0 radical (unpaired) electrons. The molecule has 2 amide bonds. The fraction of sp³-hybridized carbons (Fsp3) is 0.429. The predicted octanol–water partition coefficient (Wildman–Crippen LogP) is 3.23. The summed E-state index contributed by atoms with van der Waals surface area (Å²) in [4.78, 5) is 34.4. The number of para-hydroxylation sites is 1. The summed E-state index contributed by atoms with van der Waals surface area (Å²) >= 11 is 6.13. The number of benzene rings is 3. The van der Waals surface area contributed by atoms with Gasteiger partial charge >= 0.3 is 0 Å². The van der Waals surface area contributed by atoms with E-state index in [1.807, 2.05) is 41.3 Å². The zero-order valence-electron chi connectivity index (χ0n) is 25.3. The van der Waals surface area contributed by atoms with E-state index in [0.29, 0.717) is 37.5 Å². The highest BCUT2D eigenvalue weighted by atomic mass is 35.5. The van der Waals surface area contributed by atoms with Gasteiger partial charge in [-0.3, -0.25) is 14.5 Å². The first kappa shape index (κ1) is 30.6. The van der Waals surface area contributed by atoms with Crippen molar-refractivity contribution in [1.82, 2.24) is 25.8 Å². The molecule has 2 fully saturated rings. The molecular formula is C35H43ClN6O2. The smallest absolute Gasteiger partial charge is 0.245 e. The second-order valence-corrected chi connectivity index (χ2v) is 12.6. The van der Waals surface area contributed by atoms with Gasteiger partial charge < -0.3 is 25.8 Å². The number of anilines is 1. The number of nitrogens with one attached hydrogen (secondary N) is 3. The summed E-state index contributed by atoms with van der Waals surface area (Å²) < 4.78 is 0. The van der Waals surface area contributed by atoms with Crippen molar-refractivity contribution in [3.63, 3.8) is 0 Å². The molecule has 2 saturated heterocycles. The highest BCUT2D eigenvalue weighted by molar-refractivity contribution is 6.30. The third-order valence-electron chi connectivity index (χ3n) is 9.12. The summed E-state index contributed by atoms with van der Waals surface area (Å²) in [6, 6.07) is 23.4. The molecule has 3 aromatic rings. The maximum Gasteiger partial charge on any atom is 0.245 e. The van der Waals surface area contributed by atoms with Crippen molar-refractivity contribution in [2.45, 2.75) is 44.4 Å². The first-order valence-electron chi connectivity index (χ1n) is 15.9. The topological polar surface area (TPSA) is 80.0 Å². The first-order chi connectivity index (χ1) is 21.5. The van der Waals surface area contributed by atoms with E-state index in [4.69, 9.17) is 11.6 Å². The van der Waals surface area contributed by atoms with E-state index in [1.165, 1.54) is 28.8 Å². The number of fused-ring (bicyclic) bond motifs is 1. The molecule has 232 valence electrons. The van der Waals surface area contributed by atoms with Gasteiger partial charge in [-0.1, -0.05) is 66.2 Å². The summed E-state index contributed by atoms with van der Waals surface area (Å²) in [6.07, 6.45) is 2.19. The summed E-state index contributed by atoms with van der Waals surface area (Å²) in [5.74, 6) is -0.169. The van der Waals surface area contributed by atoms with Crippen LogP contribution in [0, 0.1) is 0 Å². The molecule has 9 heteroatoms. The lowest BCUT2D eigenvalue weighted by molar-refractivity contribution is -0.137. The SMILES string of the molecule is O=C(N[C@H](Cc1ccc(Cl)cc1)C(=O)N1CCN(c2ccccc2CN2CCCNCC2)CC1)[C@H]1Cc2ccccc2CN1. The number of nitrogens with zero attached hydrogens (tertiary/aromatic N) is 3. The van der Waals surface area contributed by atoms with Crippen LogP contribution in [-0.2, 0) is 35.5 Å². The number of halogens is 1. The molecule has 0 bridgehead atoms. The zero-order valence-corrected chi connectivity index (χ0v) is 26.1. The number of piperazine rings is 1. The van der Waals surface area contributed by atoms with E-state index in [2.05, 4.69) is 62.1 Å². The lowest BCUT2D eigenvalue weighted by atomic mass is 9.95. The number of rotatable bonds is 8. The van der Waals surface area contributed by atoms with E-state index >= 15 is 0 Å². The Morgan fingerprint density at radius 2 is 1.61 bits per heavy atom. The molecule has 3 N–H and O–H groups in total. The van der Waals surface area contributed by atoms with E-state index in [0.717, 1.165) is 51.4 Å². The largest absolute Gasteiger partial charge is 0.368 e. The van der Waals surface area contributed by atoms with Gasteiger partial charge in [0.1, 0.15) is 6.04 Å². The van der Waals surface area contributed by atoms with Crippen LogP contribution in [-0.4, -0.2) is 86.1 Å². The Morgan fingerprint density at radius 1 is 0.864 bits per heavy atom. The number of carbonyl (C=O) groups is 2. The lowest BCUT2D eigenvalue weighted by Gasteiger charge is -2.39. The minimum atomic E-state index is -0.655. The zero-order chi connectivity index (χ0) is 30.3. The van der Waals surface area contributed by atoms with Crippen LogP contribution in [0.2, 0.25) is 5.02 Å². The van der Waals surface area contributed by atoms with Crippen molar-refractivity contribution in [3.05, 3.63) is 100 Å². The Hall–Kier alpha value is -3.43. The molecule has 6 rings (SSSR count). The molecule has 8 nitrogen and oxygen atoms in total. The summed E-state index contributed by atoms with van der Waals surface area (Å²) in [6.45, 7) is 8.59. The lowest BCUT2D eigenvalue weighted by Crippen LogP contribution is -2.58. The van der Waals surface area contributed by atoms with E-state index in [1.54, 1.807) is 0 Å². The van der Waals surface area contributed by atoms with E-state index in [9.17, 15) is 9.59 Å². The number of amides is 2. The van der Waals surface area contributed by atoms with Crippen LogP contribution in [0.15, 0.2) is 72.8 Å². The van der Waals surface area contributed by atoms with Crippen molar-refractivity contribution < 1.29 is 9.59 Å². The van der Waals surface area contributed by atoms with Gasteiger partial charge in [0.25, 0.3) is 0 Å². The minimum Gasteiger partial charge on any atom is -0.368 e. The molecule has 3 aromatic carbocycles. The van der Waals surface area contributed by atoms with Crippen LogP contribution >= 0.6 is 11.6 Å². The molecule has 3 heterocycles.